The van der Waals surface area contributed by atoms with Crippen LogP contribution in [-0.4, -0.2) is 13.2 Å². The van der Waals surface area contributed by atoms with E-state index in [1.807, 2.05) is 12.1 Å². The van der Waals surface area contributed by atoms with Crippen molar-refractivity contribution >= 4 is 27.5 Å². The van der Waals surface area contributed by atoms with E-state index < -0.39 is 0 Å². The van der Waals surface area contributed by atoms with Crippen LogP contribution in [0.1, 0.15) is 44.6 Å². The van der Waals surface area contributed by atoms with Gasteiger partial charge in [-0.1, -0.05) is 36.7 Å². The summed E-state index contributed by atoms with van der Waals surface area (Å²) in [5, 5.41) is -0.0356. The third kappa shape index (κ3) is 4.03. The van der Waals surface area contributed by atoms with E-state index in [0.717, 1.165) is 34.4 Å². The maximum absolute atomic E-state index is 6.55. The second-order valence-corrected chi connectivity index (χ2v) is 7.48. The molecule has 106 valence electrons. The van der Waals surface area contributed by atoms with Gasteiger partial charge in [0.05, 0.1) is 18.6 Å². The molecule has 0 aromatic heterocycles. The summed E-state index contributed by atoms with van der Waals surface area (Å²) in [7, 11) is 0. The van der Waals surface area contributed by atoms with Crippen molar-refractivity contribution in [2.24, 2.45) is 5.41 Å². The topological polar surface area (TPSA) is 18.5 Å². The number of fused-ring (bicyclic) bond motifs is 1. The van der Waals surface area contributed by atoms with Crippen molar-refractivity contribution in [2.45, 2.75) is 39.0 Å². The number of rotatable bonds is 2. The molecule has 2 rings (SSSR count). The molecule has 0 bridgehead atoms. The van der Waals surface area contributed by atoms with E-state index in [1.54, 1.807) is 0 Å². The van der Waals surface area contributed by atoms with Gasteiger partial charge in [0.15, 0.2) is 11.5 Å². The molecule has 0 aliphatic carbocycles. The van der Waals surface area contributed by atoms with E-state index in [1.165, 1.54) is 0 Å². The summed E-state index contributed by atoms with van der Waals surface area (Å²) in [5.41, 5.74) is 1.26. The van der Waals surface area contributed by atoms with E-state index in [9.17, 15) is 0 Å². The molecule has 1 aromatic rings. The van der Waals surface area contributed by atoms with Crippen LogP contribution in [0.5, 0.6) is 11.5 Å². The minimum absolute atomic E-state index is 0.0356. The van der Waals surface area contributed by atoms with Gasteiger partial charge in [-0.15, -0.1) is 11.6 Å². The molecule has 0 spiro atoms. The van der Waals surface area contributed by atoms with Crippen LogP contribution in [0.15, 0.2) is 16.6 Å². The smallest absolute Gasteiger partial charge is 0.162 e. The molecule has 1 heterocycles. The van der Waals surface area contributed by atoms with Crippen LogP contribution >= 0.6 is 27.5 Å². The molecule has 1 atom stereocenters. The van der Waals surface area contributed by atoms with Crippen LogP contribution < -0.4 is 9.47 Å². The van der Waals surface area contributed by atoms with Crippen LogP contribution in [0.25, 0.3) is 0 Å². The summed E-state index contributed by atoms with van der Waals surface area (Å²) in [5.74, 6) is 1.60. The minimum Gasteiger partial charge on any atom is -0.490 e. The van der Waals surface area contributed by atoms with Crippen molar-refractivity contribution in [3.63, 3.8) is 0 Å². The Balaban J connectivity index is 2.28. The number of hydrogen-bond acceptors (Lipinski definition) is 2. The summed E-state index contributed by atoms with van der Waals surface area (Å²) in [6.07, 6.45) is 1.82. The number of benzene rings is 1. The summed E-state index contributed by atoms with van der Waals surface area (Å²) in [6.45, 7) is 7.98. The number of halogens is 2. The van der Waals surface area contributed by atoms with Crippen molar-refractivity contribution < 1.29 is 9.47 Å². The molecule has 0 fully saturated rings. The van der Waals surface area contributed by atoms with Crippen LogP contribution in [0.4, 0.5) is 0 Å². The fourth-order valence-corrected chi connectivity index (χ4v) is 3.46. The quantitative estimate of drug-likeness (QED) is 0.673. The molecule has 2 nitrogen and oxygen atoms in total. The van der Waals surface area contributed by atoms with Gasteiger partial charge in [0.2, 0.25) is 0 Å². The first-order chi connectivity index (χ1) is 8.87. The molecule has 0 N–H and O–H groups in total. The minimum atomic E-state index is -0.0356. The lowest BCUT2D eigenvalue weighted by atomic mass is 9.88. The molecule has 1 aliphatic heterocycles. The summed E-state index contributed by atoms with van der Waals surface area (Å²) in [4.78, 5) is 0. The molecule has 0 saturated heterocycles. The first-order valence-corrected chi connectivity index (χ1v) is 7.83. The van der Waals surface area contributed by atoms with Crippen LogP contribution in [0.2, 0.25) is 0 Å². The predicted octanol–water partition coefficient (Wildman–Crippen LogP) is 5.33. The lowest BCUT2D eigenvalue weighted by Gasteiger charge is -2.23. The van der Waals surface area contributed by atoms with Gasteiger partial charge in [0, 0.05) is 10.9 Å². The molecular weight excluding hydrogens is 328 g/mol. The first-order valence-electron chi connectivity index (χ1n) is 6.60. The van der Waals surface area contributed by atoms with Gasteiger partial charge in [-0.2, -0.15) is 0 Å². The van der Waals surface area contributed by atoms with E-state index in [0.29, 0.717) is 13.2 Å². The average Bonchev–Trinajstić information content (AvgIpc) is 2.50. The average molecular weight is 348 g/mol. The fourth-order valence-electron chi connectivity index (χ4n) is 2.09. The first kappa shape index (κ1) is 15.0. The second-order valence-electron chi connectivity index (χ2n) is 6.10. The maximum atomic E-state index is 6.55. The third-order valence-electron chi connectivity index (χ3n) is 3.00. The van der Waals surface area contributed by atoms with E-state index in [-0.39, 0.29) is 10.8 Å². The van der Waals surface area contributed by atoms with Gasteiger partial charge in [-0.3, -0.25) is 0 Å². The molecule has 0 radical (unpaired) electrons. The number of ether oxygens (including phenoxy) is 2. The van der Waals surface area contributed by atoms with Crippen molar-refractivity contribution in [1.29, 1.82) is 0 Å². The molecule has 19 heavy (non-hydrogen) atoms. The van der Waals surface area contributed by atoms with Crippen LogP contribution in [0.3, 0.4) is 0 Å². The highest BCUT2D eigenvalue weighted by molar-refractivity contribution is 9.10. The zero-order chi connectivity index (χ0) is 14.0. The van der Waals surface area contributed by atoms with E-state index >= 15 is 0 Å². The molecule has 0 saturated carbocycles. The normalized spacial score (nSPS) is 16.9. The maximum Gasteiger partial charge on any atom is 0.162 e. The highest BCUT2D eigenvalue weighted by Crippen LogP contribution is 2.42. The fraction of sp³-hybridized carbons (Fsp3) is 0.600. The van der Waals surface area contributed by atoms with Gasteiger partial charge in [0.1, 0.15) is 0 Å². The van der Waals surface area contributed by atoms with Crippen molar-refractivity contribution in [2.75, 3.05) is 13.2 Å². The summed E-state index contributed by atoms with van der Waals surface area (Å²) in [6, 6.07) is 3.97. The Hall–Kier alpha value is -0.410. The van der Waals surface area contributed by atoms with Crippen molar-refractivity contribution in [3.8, 4) is 11.5 Å². The highest BCUT2D eigenvalue weighted by Gasteiger charge is 2.22. The zero-order valence-electron chi connectivity index (χ0n) is 11.6. The van der Waals surface area contributed by atoms with Gasteiger partial charge in [-0.05, 0) is 29.5 Å². The van der Waals surface area contributed by atoms with Crippen LogP contribution in [0, 0.1) is 5.41 Å². The van der Waals surface area contributed by atoms with E-state index in [4.69, 9.17) is 21.1 Å². The third-order valence-corrected chi connectivity index (χ3v) is 4.07. The Bertz CT molecular complexity index is 454. The Morgan fingerprint density at radius 2 is 1.79 bits per heavy atom. The lowest BCUT2D eigenvalue weighted by molar-refractivity contribution is 0.297. The summed E-state index contributed by atoms with van der Waals surface area (Å²) < 4.78 is 12.4. The Kier molecular flexibility index (Phi) is 4.67. The highest BCUT2D eigenvalue weighted by atomic mass is 79.9. The van der Waals surface area contributed by atoms with Crippen molar-refractivity contribution in [1.82, 2.24) is 0 Å². The second kappa shape index (κ2) is 5.92. The predicted molar refractivity (Wildman–Crippen MR) is 82.4 cm³/mol. The molecule has 0 amide bonds. The summed E-state index contributed by atoms with van der Waals surface area (Å²) >= 11 is 10.1. The lowest BCUT2D eigenvalue weighted by Crippen LogP contribution is -2.09. The molecular formula is C15H20BrClO2. The van der Waals surface area contributed by atoms with Gasteiger partial charge in [-0.25, -0.2) is 0 Å². The molecule has 4 heteroatoms. The SMILES string of the molecule is CC(C)(C)CC(Cl)c1cc2c(cc1Br)OCCCO2. The Morgan fingerprint density at radius 3 is 2.37 bits per heavy atom. The van der Waals surface area contributed by atoms with Gasteiger partial charge in [0.25, 0.3) is 0 Å². The number of hydrogen-bond donors (Lipinski definition) is 0. The molecule has 1 unspecified atom stereocenters. The van der Waals surface area contributed by atoms with Gasteiger partial charge < -0.3 is 9.47 Å². The van der Waals surface area contributed by atoms with Gasteiger partial charge >= 0.3 is 0 Å². The Morgan fingerprint density at radius 1 is 1.21 bits per heavy atom. The number of alkyl halides is 1. The van der Waals surface area contributed by atoms with E-state index in [2.05, 4.69) is 36.7 Å². The zero-order valence-corrected chi connectivity index (χ0v) is 14.0. The largest absolute Gasteiger partial charge is 0.490 e. The van der Waals surface area contributed by atoms with Crippen molar-refractivity contribution in [3.05, 3.63) is 22.2 Å². The monoisotopic (exact) mass is 346 g/mol. The molecule has 1 aromatic carbocycles. The Labute approximate surface area is 128 Å². The standard InChI is InChI=1S/C15H20BrClO2/c1-15(2,3)9-12(17)10-7-13-14(8-11(10)16)19-6-4-5-18-13/h7-8,12H,4-6,9H2,1-3H3. The molecule has 1 aliphatic rings. The van der Waals surface area contributed by atoms with Crippen LogP contribution in [-0.2, 0) is 0 Å².